The number of hydrogen-bond donors (Lipinski definition) is 0. The summed E-state index contributed by atoms with van der Waals surface area (Å²) in [5.41, 5.74) is 3.72. The highest BCUT2D eigenvalue weighted by molar-refractivity contribution is 7.14. The molecule has 4 aromatic rings. The molecule has 2 aromatic heterocycles. The minimum Gasteiger partial charge on any atom is -0.352 e. The predicted molar refractivity (Wildman–Crippen MR) is 125 cm³/mol. The van der Waals surface area contributed by atoms with Gasteiger partial charge in [-0.05, 0) is 29.2 Å². The molecular weight excluding hydrogens is 430 g/mol. The van der Waals surface area contributed by atoms with E-state index < -0.39 is 0 Å². The van der Waals surface area contributed by atoms with E-state index in [2.05, 4.69) is 19.2 Å². The molecule has 0 aliphatic carbocycles. The smallest absolute Gasteiger partial charge is 0.227 e. The molecule has 1 aliphatic rings. The van der Waals surface area contributed by atoms with Gasteiger partial charge in [-0.3, -0.25) is 4.79 Å². The van der Waals surface area contributed by atoms with Crippen LogP contribution in [0.5, 0.6) is 0 Å². The van der Waals surface area contributed by atoms with Gasteiger partial charge < -0.3 is 9.80 Å². The Bertz CT molecular complexity index is 1200. The number of halogens is 1. The van der Waals surface area contributed by atoms with Gasteiger partial charge in [0.2, 0.25) is 5.91 Å². The van der Waals surface area contributed by atoms with Crippen LogP contribution < -0.4 is 4.90 Å². The SMILES string of the molecule is O=C(Cc1ccccc1)N1CCN(c2ncnc3c(-c4ccc(Cl)cc4)nsc23)CC1. The first kappa shape index (κ1) is 19.9. The van der Waals surface area contributed by atoms with E-state index in [9.17, 15) is 4.79 Å². The number of rotatable bonds is 4. The molecule has 3 heterocycles. The lowest BCUT2D eigenvalue weighted by Gasteiger charge is -2.35. The first-order valence-corrected chi connectivity index (χ1v) is 11.3. The third-order valence-electron chi connectivity index (χ3n) is 5.49. The fourth-order valence-corrected chi connectivity index (χ4v) is 4.82. The van der Waals surface area contributed by atoms with Gasteiger partial charge in [0.25, 0.3) is 0 Å². The van der Waals surface area contributed by atoms with Gasteiger partial charge in [-0.2, -0.15) is 4.37 Å². The van der Waals surface area contributed by atoms with Crippen molar-refractivity contribution >= 4 is 45.1 Å². The van der Waals surface area contributed by atoms with E-state index in [1.54, 1.807) is 6.33 Å². The van der Waals surface area contributed by atoms with Crippen molar-refractivity contribution in [3.63, 3.8) is 0 Å². The fraction of sp³-hybridized carbons (Fsp3) is 0.217. The van der Waals surface area contributed by atoms with E-state index in [-0.39, 0.29) is 5.91 Å². The van der Waals surface area contributed by atoms with Crippen molar-refractivity contribution < 1.29 is 4.79 Å². The van der Waals surface area contributed by atoms with E-state index in [0.717, 1.165) is 45.9 Å². The molecule has 6 nitrogen and oxygen atoms in total. The zero-order chi connectivity index (χ0) is 21.2. The summed E-state index contributed by atoms with van der Waals surface area (Å²) in [4.78, 5) is 25.9. The summed E-state index contributed by atoms with van der Waals surface area (Å²) < 4.78 is 5.61. The van der Waals surface area contributed by atoms with E-state index in [0.29, 0.717) is 24.5 Å². The van der Waals surface area contributed by atoms with Crippen molar-refractivity contribution in [1.82, 2.24) is 19.2 Å². The second-order valence-electron chi connectivity index (χ2n) is 7.44. The summed E-state index contributed by atoms with van der Waals surface area (Å²) >= 11 is 7.43. The number of hydrogen-bond acceptors (Lipinski definition) is 6. The molecule has 1 aliphatic heterocycles. The second kappa shape index (κ2) is 8.61. The minimum absolute atomic E-state index is 0.168. The molecule has 31 heavy (non-hydrogen) atoms. The predicted octanol–water partition coefficient (Wildman–Crippen LogP) is 4.30. The summed E-state index contributed by atoms with van der Waals surface area (Å²) in [5, 5.41) is 0.693. The number of fused-ring (bicyclic) bond motifs is 1. The van der Waals surface area contributed by atoms with E-state index in [1.807, 2.05) is 59.5 Å². The third-order valence-corrected chi connectivity index (χ3v) is 6.57. The van der Waals surface area contributed by atoms with Crippen molar-refractivity contribution in [1.29, 1.82) is 0 Å². The van der Waals surface area contributed by atoms with Gasteiger partial charge in [-0.15, -0.1) is 0 Å². The maximum absolute atomic E-state index is 12.7. The number of carbonyl (C=O) groups is 1. The van der Waals surface area contributed by atoms with Crippen molar-refractivity contribution in [3.05, 3.63) is 71.5 Å². The maximum atomic E-state index is 12.7. The number of aromatic nitrogens is 3. The third kappa shape index (κ3) is 4.11. The largest absolute Gasteiger partial charge is 0.352 e. The van der Waals surface area contributed by atoms with E-state index in [4.69, 9.17) is 11.6 Å². The Hall–Kier alpha value is -3.03. The van der Waals surface area contributed by atoms with E-state index >= 15 is 0 Å². The number of benzene rings is 2. The maximum Gasteiger partial charge on any atom is 0.227 e. The van der Waals surface area contributed by atoms with Gasteiger partial charge in [0.15, 0.2) is 5.82 Å². The lowest BCUT2D eigenvalue weighted by Crippen LogP contribution is -2.49. The van der Waals surface area contributed by atoms with Gasteiger partial charge in [0, 0.05) is 36.8 Å². The molecule has 0 radical (unpaired) electrons. The molecule has 8 heteroatoms. The summed E-state index contributed by atoms with van der Waals surface area (Å²) in [7, 11) is 0. The number of piperazine rings is 1. The Balaban J connectivity index is 1.32. The Morgan fingerprint density at radius 1 is 0.968 bits per heavy atom. The van der Waals surface area contributed by atoms with Gasteiger partial charge in [-0.25, -0.2) is 9.97 Å². The van der Waals surface area contributed by atoms with Gasteiger partial charge >= 0.3 is 0 Å². The van der Waals surface area contributed by atoms with Crippen LogP contribution in [-0.4, -0.2) is 51.3 Å². The monoisotopic (exact) mass is 449 g/mol. The molecule has 5 rings (SSSR count). The zero-order valence-electron chi connectivity index (χ0n) is 16.7. The lowest BCUT2D eigenvalue weighted by atomic mass is 10.1. The number of nitrogens with zero attached hydrogens (tertiary/aromatic N) is 5. The van der Waals surface area contributed by atoms with Crippen LogP contribution in [-0.2, 0) is 11.2 Å². The Labute approximate surface area is 189 Å². The molecular formula is C23H20ClN5OS. The molecule has 1 amide bonds. The topological polar surface area (TPSA) is 62.2 Å². The highest BCUT2D eigenvalue weighted by Gasteiger charge is 2.24. The van der Waals surface area contributed by atoms with Crippen LogP contribution in [0.4, 0.5) is 5.82 Å². The van der Waals surface area contributed by atoms with Crippen LogP contribution in [0.1, 0.15) is 5.56 Å². The first-order chi connectivity index (χ1) is 15.2. The first-order valence-electron chi connectivity index (χ1n) is 10.1. The summed E-state index contributed by atoms with van der Waals surface area (Å²) in [6.07, 6.45) is 2.04. The second-order valence-corrected chi connectivity index (χ2v) is 8.65. The molecule has 0 unspecified atom stereocenters. The number of amides is 1. The van der Waals surface area contributed by atoms with Crippen LogP contribution >= 0.6 is 23.1 Å². The standard InChI is InChI=1S/C23H20ClN5OS/c24-18-8-6-17(7-9-18)20-21-22(31-27-20)23(26-15-25-21)29-12-10-28(11-13-29)19(30)14-16-4-2-1-3-5-16/h1-9,15H,10-14H2. The quantitative estimate of drug-likeness (QED) is 0.465. The average molecular weight is 450 g/mol. The van der Waals surface area contributed by atoms with E-state index in [1.165, 1.54) is 11.5 Å². The fourth-order valence-electron chi connectivity index (χ4n) is 3.82. The lowest BCUT2D eigenvalue weighted by molar-refractivity contribution is -0.130. The van der Waals surface area contributed by atoms with Gasteiger partial charge in [-0.1, -0.05) is 54.1 Å². The van der Waals surface area contributed by atoms with Crippen LogP contribution in [0.15, 0.2) is 60.9 Å². The average Bonchev–Trinajstić information content (AvgIpc) is 3.25. The van der Waals surface area contributed by atoms with Gasteiger partial charge in [0.05, 0.1) is 6.42 Å². The zero-order valence-corrected chi connectivity index (χ0v) is 18.3. The Morgan fingerprint density at radius 3 is 2.45 bits per heavy atom. The Kier molecular flexibility index (Phi) is 5.53. The highest BCUT2D eigenvalue weighted by atomic mass is 35.5. The minimum atomic E-state index is 0.168. The van der Waals surface area contributed by atoms with Crippen LogP contribution in [0.2, 0.25) is 5.02 Å². The molecule has 0 bridgehead atoms. The van der Waals surface area contributed by atoms with Crippen LogP contribution in [0, 0.1) is 0 Å². The molecule has 0 saturated carbocycles. The molecule has 1 saturated heterocycles. The summed E-state index contributed by atoms with van der Waals surface area (Å²) in [6, 6.07) is 17.5. The van der Waals surface area contributed by atoms with Crippen molar-refractivity contribution in [3.8, 4) is 11.3 Å². The number of anilines is 1. The molecule has 1 fully saturated rings. The number of carbonyl (C=O) groups excluding carboxylic acids is 1. The summed E-state index contributed by atoms with van der Waals surface area (Å²) in [5.74, 6) is 1.05. The molecule has 156 valence electrons. The molecule has 2 aromatic carbocycles. The molecule has 0 atom stereocenters. The highest BCUT2D eigenvalue weighted by Crippen LogP contribution is 2.34. The van der Waals surface area contributed by atoms with Crippen molar-refractivity contribution in [2.45, 2.75) is 6.42 Å². The van der Waals surface area contributed by atoms with Crippen molar-refractivity contribution in [2.75, 3.05) is 31.1 Å². The summed E-state index contributed by atoms with van der Waals surface area (Å²) in [6.45, 7) is 2.83. The Morgan fingerprint density at radius 2 is 1.71 bits per heavy atom. The molecule has 0 N–H and O–H groups in total. The van der Waals surface area contributed by atoms with Crippen molar-refractivity contribution in [2.24, 2.45) is 0 Å². The van der Waals surface area contributed by atoms with Crippen LogP contribution in [0.3, 0.4) is 0 Å². The van der Waals surface area contributed by atoms with Gasteiger partial charge in [0.1, 0.15) is 22.2 Å². The van der Waals surface area contributed by atoms with Crippen LogP contribution in [0.25, 0.3) is 21.5 Å². The molecule has 0 spiro atoms. The normalized spacial score (nSPS) is 14.2.